The van der Waals surface area contributed by atoms with Gasteiger partial charge in [0.1, 0.15) is 18.3 Å². The molecule has 0 saturated heterocycles. The van der Waals surface area contributed by atoms with Crippen molar-refractivity contribution in [3.63, 3.8) is 0 Å². The second-order valence-corrected chi connectivity index (χ2v) is 11.2. The Kier molecular flexibility index (Phi) is 10.6. The van der Waals surface area contributed by atoms with Crippen molar-refractivity contribution in [2.75, 3.05) is 24.5 Å². The van der Waals surface area contributed by atoms with E-state index >= 15 is 0 Å². The Labute approximate surface area is 239 Å². The van der Waals surface area contributed by atoms with E-state index in [4.69, 9.17) is 27.9 Å². The lowest BCUT2D eigenvalue weighted by Crippen LogP contribution is -2.51. The van der Waals surface area contributed by atoms with Crippen molar-refractivity contribution in [3.05, 3.63) is 88.4 Å². The molecule has 39 heavy (non-hydrogen) atoms. The molecule has 3 aromatic rings. The number of halogens is 2. The number of anilines is 1. The fourth-order valence-electron chi connectivity index (χ4n) is 4.04. The van der Waals surface area contributed by atoms with Gasteiger partial charge in [0.25, 0.3) is 10.0 Å². The first-order chi connectivity index (χ1) is 18.6. The van der Waals surface area contributed by atoms with Crippen LogP contribution in [0, 0.1) is 0 Å². The third-order valence-electron chi connectivity index (χ3n) is 6.02. The first kappa shape index (κ1) is 30.3. The van der Waals surface area contributed by atoms with Crippen LogP contribution < -0.4 is 14.4 Å². The van der Waals surface area contributed by atoms with Crippen molar-refractivity contribution in [2.24, 2.45) is 0 Å². The summed E-state index contributed by atoms with van der Waals surface area (Å²) >= 11 is 12.3. The zero-order valence-corrected chi connectivity index (χ0v) is 24.3. The first-order valence-electron chi connectivity index (χ1n) is 12.4. The molecule has 0 saturated carbocycles. The van der Waals surface area contributed by atoms with Gasteiger partial charge >= 0.3 is 0 Å². The second-order valence-electron chi connectivity index (χ2n) is 8.56. The largest absolute Gasteiger partial charge is 0.494 e. The number of amides is 2. The lowest BCUT2D eigenvalue weighted by atomic mass is 10.1. The molecular formula is C28H31Cl2N3O5S. The van der Waals surface area contributed by atoms with E-state index in [9.17, 15) is 18.0 Å². The van der Waals surface area contributed by atoms with Crippen LogP contribution in [0.25, 0.3) is 0 Å². The number of likely N-dealkylation sites (N-methyl/N-ethyl adjacent to an activating group) is 1. The molecule has 0 aliphatic heterocycles. The van der Waals surface area contributed by atoms with Crippen molar-refractivity contribution in [3.8, 4) is 5.75 Å². The van der Waals surface area contributed by atoms with Crippen LogP contribution in [0.4, 0.5) is 5.69 Å². The molecule has 0 heterocycles. The average Bonchev–Trinajstić information content (AvgIpc) is 2.94. The number of hydrogen-bond acceptors (Lipinski definition) is 5. The quantitative estimate of drug-likeness (QED) is 0.314. The number of nitrogens with zero attached hydrogens (tertiary/aromatic N) is 2. The van der Waals surface area contributed by atoms with E-state index in [1.165, 1.54) is 24.1 Å². The lowest BCUT2D eigenvalue weighted by Gasteiger charge is -2.33. The monoisotopic (exact) mass is 591 g/mol. The summed E-state index contributed by atoms with van der Waals surface area (Å²) < 4.78 is 34.1. The summed E-state index contributed by atoms with van der Waals surface area (Å²) in [7, 11) is -2.66. The van der Waals surface area contributed by atoms with Crippen molar-refractivity contribution in [1.82, 2.24) is 10.2 Å². The van der Waals surface area contributed by atoms with Crippen molar-refractivity contribution >= 4 is 50.7 Å². The standard InChI is InChI=1S/C28H31Cl2N3O5S/c1-4-26(28(35)31-3)32(18-20-11-16-24(29)25(30)17-20)27(34)19-33(21-12-14-22(15-13-21)38-5-2)39(36,37)23-9-7-6-8-10-23/h6-17,26H,4-5,18-19H2,1-3H3,(H,31,35). The van der Waals surface area contributed by atoms with Gasteiger partial charge in [0.05, 0.1) is 27.2 Å². The van der Waals surface area contributed by atoms with Crippen LogP contribution in [-0.4, -0.2) is 51.4 Å². The summed E-state index contributed by atoms with van der Waals surface area (Å²) in [5.41, 5.74) is 0.914. The Morgan fingerprint density at radius 1 is 0.949 bits per heavy atom. The van der Waals surface area contributed by atoms with Crippen LogP contribution in [0.15, 0.2) is 77.7 Å². The third kappa shape index (κ3) is 7.44. The number of carbonyl (C=O) groups excluding carboxylic acids is 2. The number of sulfonamides is 1. The number of carbonyl (C=O) groups is 2. The minimum Gasteiger partial charge on any atom is -0.494 e. The Bertz CT molecular complexity index is 1390. The molecule has 1 N–H and O–H groups in total. The Hall–Kier alpha value is -3.27. The molecule has 11 heteroatoms. The minimum atomic E-state index is -4.15. The molecule has 0 radical (unpaired) electrons. The van der Waals surface area contributed by atoms with Gasteiger partial charge in [-0.1, -0.05) is 54.4 Å². The molecule has 1 unspecified atom stereocenters. The molecule has 0 bridgehead atoms. The predicted octanol–water partition coefficient (Wildman–Crippen LogP) is 5.14. The van der Waals surface area contributed by atoms with Gasteiger partial charge in [0, 0.05) is 13.6 Å². The van der Waals surface area contributed by atoms with Gasteiger partial charge in [-0.2, -0.15) is 0 Å². The number of ether oxygens (including phenoxy) is 1. The van der Waals surface area contributed by atoms with Crippen LogP contribution >= 0.6 is 23.2 Å². The Morgan fingerprint density at radius 2 is 1.62 bits per heavy atom. The maximum atomic E-state index is 13.9. The Morgan fingerprint density at radius 3 is 2.18 bits per heavy atom. The number of nitrogens with one attached hydrogen (secondary N) is 1. The van der Waals surface area contributed by atoms with Gasteiger partial charge in [0.2, 0.25) is 11.8 Å². The van der Waals surface area contributed by atoms with Crippen molar-refractivity contribution < 1.29 is 22.7 Å². The second kappa shape index (κ2) is 13.7. The number of rotatable bonds is 12. The van der Waals surface area contributed by atoms with E-state index in [-0.39, 0.29) is 23.0 Å². The summed E-state index contributed by atoms with van der Waals surface area (Å²) in [4.78, 5) is 28.1. The highest BCUT2D eigenvalue weighted by Crippen LogP contribution is 2.28. The van der Waals surface area contributed by atoms with Gasteiger partial charge < -0.3 is 15.0 Å². The molecule has 0 aromatic heterocycles. The zero-order valence-electron chi connectivity index (χ0n) is 21.9. The third-order valence-corrected chi connectivity index (χ3v) is 8.54. The molecule has 0 fully saturated rings. The topological polar surface area (TPSA) is 96.0 Å². The smallest absolute Gasteiger partial charge is 0.264 e. The SMILES string of the molecule is CCOc1ccc(N(CC(=O)N(Cc2ccc(Cl)c(Cl)c2)C(CC)C(=O)NC)S(=O)(=O)c2ccccc2)cc1. The number of benzene rings is 3. The van der Waals surface area contributed by atoms with Crippen LogP contribution in [0.3, 0.4) is 0 Å². The van der Waals surface area contributed by atoms with Gasteiger partial charge in [-0.25, -0.2) is 8.42 Å². The van der Waals surface area contributed by atoms with Crippen LogP contribution in [0.1, 0.15) is 25.8 Å². The van der Waals surface area contributed by atoms with Gasteiger partial charge in [-0.3, -0.25) is 13.9 Å². The van der Waals surface area contributed by atoms with E-state index in [2.05, 4.69) is 5.32 Å². The van der Waals surface area contributed by atoms with E-state index < -0.39 is 28.5 Å². The molecule has 1 atom stereocenters. The van der Waals surface area contributed by atoms with Crippen LogP contribution in [-0.2, 0) is 26.2 Å². The fraction of sp³-hybridized carbons (Fsp3) is 0.286. The first-order valence-corrected chi connectivity index (χ1v) is 14.6. The molecule has 8 nitrogen and oxygen atoms in total. The lowest BCUT2D eigenvalue weighted by molar-refractivity contribution is -0.140. The van der Waals surface area contributed by atoms with Crippen LogP contribution in [0.2, 0.25) is 10.0 Å². The van der Waals surface area contributed by atoms with E-state index in [1.54, 1.807) is 67.6 Å². The Balaban J connectivity index is 2.05. The molecule has 3 aromatic carbocycles. The molecule has 208 valence electrons. The van der Waals surface area contributed by atoms with Crippen molar-refractivity contribution in [2.45, 2.75) is 37.8 Å². The maximum Gasteiger partial charge on any atom is 0.264 e. The summed E-state index contributed by atoms with van der Waals surface area (Å²) in [6, 6.07) is 18.4. The highest BCUT2D eigenvalue weighted by atomic mass is 35.5. The van der Waals surface area contributed by atoms with Gasteiger partial charge in [-0.05, 0) is 67.4 Å². The van der Waals surface area contributed by atoms with Gasteiger partial charge in [0.15, 0.2) is 0 Å². The van der Waals surface area contributed by atoms with Crippen molar-refractivity contribution in [1.29, 1.82) is 0 Å². The van der Waals surface area contributed by atoms with E-state index in [1.807, 2.05) is 6.92 Å². The summed E-state index contributed by atoms with van der Waals surface area (Å²) in [6.45, 7) is 3.55. The minimum absolute atomic E-state index is 0.0180. The predicted molar refractivity (Wildman–Crippen MR) is 154 cm³/mol. The summed E-state index contributed by atoms with van der Waals surface area (Å²) in [6.07, 6.45) is 0.307. The fourth-order valence-corrected chi connectivity index (χ4v) is 5.80. The molecule has 0 aliphatic carbocycles. The number of hydrogen-bond donors (Lipinski definition) is 1. The molecule has 0 spiro atoms. The summed E-state index contributed by atoms with van der Waals surface area (Å²) in [5, 5.41) is 3.25. The van der Waals surface area contributed by atoms with E-state index in [0.717, 1.165) is 4.31 Å². The highest BCUT2D eigenvalue weighted by molar-refractivity contribution is 7.92. The highest BCUT2D eigenvalue weighted by Gasteiger charge is 2.33. The normalized spacial score (nSPS) is 11.9. The molecular weight excluding hydrogens is 561 g/mol. The van der Waals surface area contributed by atoms with E-state index in [0.29, 0.717) is 34.4 Å². The molecule has 2 amide bonds. The summed E-state index contributed by atoms with van der Waals surface area (Å²) in [5.74, 6) is -0.370. The maximum absolute atomic E-state index is 13.9. The molecule has 3 rings (SSSR count). The average molecular weight is 593 g/mol. The zero-order chi connectivity index (χ0) is 28.6. The van der Waals surface area contributed by atoms with Gasteiger partial charge in [-0.15, -0.1) is 0 Å². The molecule has 0 aliphatic rings. The van der Waals surface area contributed by atoms with Crippen LogP contribution in [0.5, 0.6) is 5.75 Å².